The van der Waals surface area contributed by atoms with Crippen molar-refractivity contribution < 1.29 is 14.3 Å². The predicted molar refractivity (Wildman–Crippen MR) is 106 cm³/mol. The largest absolute Gasteiger partial charge is 0.490 e. The van der Waals surface area contributed by atoms with Gasteiger partial charge in [0.05, 0.1) is 11.1 Å². The van der Waals surface area contributed by atoms with Crippen LogP contribution in [0.2, 0.25) is 0 Å². The van der Waals surface area contributed by atoms with Crippen LogP contribution in [-0.4, -0.2) is 49.3 Å². The Morgan fingerprint density at radius 2 is 2.04 bits per heavy atom. The summed E-state index contributed by atoms with van der Waals surface area (Å²) in [5.41, 5.74) is 0.533. The Hall–Kier alpha value is -1.18. The second-order valence-electron chi connectivity index (χ2n) is 6.15. The molecule has 1 amide bonds. The molecule has 5 nitrogen and oxygen atoms in total. The molecule has 1 saturated carbocycles. The number of hydrogen-bond donors (Lipinski definition) is 1. The Kier molecular flexibility index (Phi) is 8.12. The zero-order valence-corrected chi connectivity index (χ0v) is 17.1. The van der Waals surface area contributed by atoms with E-state index in [4.69, 9.17) is 21.7 Å². The maximum absolute atomic E-state index is 12.5. The third-order valence-corrected chi connectivity index (χ3v) is 5.41. The summed E-state index contributed by atoms with van der Waals surface area (Å²) in [7, 11) is 3.58. The van der Waals surface area contributed by atoms with Gasteiger partial charge in [0.15, 0.2) is 5.11 Å². The van der Waals surface area contributed by atoms with Crippen LogP contribution in [0.4, 0.5) is 0 Å². The summed E-state index contributed by atoms with van der Waals surface area (Å²) in [6, 6.07) is 5.65. The number of benzene rings is 1. The number of methoxy groups -OCH3 is 1. The molecule has 1 aromatic rings. The van der Waals surface area contributed by atoms with Gasteiger partial charge in [-0.1, -0.05) is 19.3 Å². The van der Waals surface area contributed by atoms with E-state index in [1.54, 1.807) is 25.3 Å². The molecule has 0 heterocycles. The Labute approximate surface area is 163 Å². The first-order valence-electron chi connectivity index (χ1n) is 8.52. The van der Waals surface area contributed by atoms with E-state index in [-0.39, 0.29) is 5.91 Å². The molecule has 25 heavy (non-hydrogen) atoms. The van der Waals surface area contributed by atoms with Crippen molar-refractivity contribution in [1.82, 2.24) is 10.2 Å². The van der Waals surface area contributed by atoms with Crippen LogP contribution < -0.4 is 10.1 Å². The molecule has 0 spiro atoms. The van der Waals surface area contributed by atoms with E-state index >= 15 is 0 Å². The predicted octanol–water partition coefficient (Wildman–Crippen LogP) is 3.75. The van der Waals surface area contributed by atoms with Crippen molar-refractivity contribution in [2.45, 2.75) is 38.1 Å². The third-order valence-electron chi connectivity index (χ3n) is 4.40. The molecule has 0 aromatic heterocycles. The maximum atomic E-state index is 12.5. The fourth-order valence-corrected chi connectivity index (χ4v) is 3.62. The number of nitrogens with one attached hydrogen (secondary N) is 1. The van der Waals surface area contributed by atoms with E-state index in [2.05, 4.69) is 21.2 Å². The number of carbonyl (C=O) groups excluding carboxylic acids is 1. The second-order valence-corrected chi connectivity index (χ2v) is 7.39. The van der Waals surface area contributed by atoms with Crippen molar-refractivity contribution in [2.24, 2.45) is 0 Å². The Balaban J connectivity index is 1.93. The Bertz CT molecular complexity index is 606. The number of thiocarbonyl (C=S) groups is 1. The lowest BCUT2D eigenvalue weighted by atomic mass is 9.95. The minimum absolute atomic E-state index is 0.211. The third kappa shape index (κ3) is 5.94. The molecule has 0 unspecified atom stereocenters. The van der Waals surface area contributed by atoms with Crippen molar-refractivity contribution in [3.63, 3.8) is 0 Å². The van der Waals surface area contributed by atoms with E-state index < -0.39 is 0 Å². The molecule has 2 rings (SSSR count). The van der Waals surface area contributed by atoms with Gasteiger partial charge in [0, 0.05) is 25.8 Å². The SMILES string of the molecule is COCCOc1ccc(C(=O)NC(=S)N(C)C2CCCCC2)cc1Br. The molecular weight excluding hydrogens is 404 g/mol. The van der Waals surface area contributed by atoms with Gasteiger partial charge in [-0.3, -0.25) is 10.1 Å². The zero-order chi connectivity index (χ0) is 18.2. The van der Waals surface area contributed by atoms with Crippen molar-refractivity contribution in [2.75, 3.05) is 27.4 Å². The van der Waals surface area contributed by atoms with Crippen molar-refractivity contribution in [1.29, 1.82) is 0 Å². The van der Waals surface area contributed by atoms with Gasteiger partial charge >= 0.3 is 0 Å². The molecule has 0 bridgehead atoms. The van der Waals surface area contributed by atoms with Gasteiger partial charge in [-0.2, -0.15) is 0 Å². The molecule has 1 aliphatic carbocycles. The zero-order valence-electron chi connectivity index (χ0n) is 14.7. The average molecular weight is 429 g/mol. The standard InChI is InChI=1S/C18H25BrN2O3S/c1-21(14-6-4-3-5-7-14)18(25)20-17(22)13-8-9-16(15(19)12-13)24-11-10-23-2/h8-9,12,14H,3-7,10-11H2,1-2H3,(H,20,22,25). The number of amides is 1. The summed E-state index contributed by atoms with van der Waals surface area (Å²) in [5.74, 6) is 0.465. The topological polar surface area (TPSA) is 50.8 Å². The van der Waals surface area contributed by atoms with E-state index in [1.165, 1.54) is 19.3 Å². The Morgan fingerprint density at radius 3 is 2.68 bits per heavy atom. The molecule has 0 saturated heterocycles. The van der Waals surface area contributed by atoms with E-state index in [0.717, 1.165) is 17.3 Å². The Morgan fingerprint density at radius 1 is 1.32 bits per heavy atom. The second kappa shape index (κ2) is 10.1. The smallest absolute Gasteiger partial charge is 0.257 e. The lowest BCUT2D eigenvalue weighted by Crippen LogP contribution is -2.46. The van der Waals surface area contributed by atoms with Crippen molar-refractivity contribution in [3.8, 4) is 5.75 Å². The van der Waals surface area contributed by atoms with Gasteiger partial charge in [0.1, 0.15) is 12.4 Å². The fourth-order valence-electron chi connectivity index (χ4n) is 2.89. The highest BCUT2D eigenvalue weighted by Gasteiger charge is 2.21. The van der Waals surface area contributed by atoms with Crippen LogP contribution in [0.25, 0.3) is 0 Å². The molecule has 0 radical (unpaired) electrons. The van der Waals surface area contributed by atoms with Gasteiger partial charge in [-0.25, -0.2) is 0 Å². The molecule has 1 aliphatic rings. The summed E-state index contributed by atoms with van der Waals surface area (Å²) in [4.78, 5) is 14.5. The lowest BCUT2D eigenvalue weighted by molar-refractivity contribution is 0.0971. The van der Waals surface area contributed by atoms with Gasteiger partial charge in [-0.05, 0) is 59.2 Å². The van der Waals surface area contributed by atoms with Crippen LogP contribution >= 0.6 is 28.1 Å². The monoisotopic (exact) mass is 428 g/mol. The fraction of sp³-hybridized carbons (Fsp3) is 0.556. The summed E-state index contributed by atoms with van der Waals surface area (Å²) in [6.45, 7) is 0.966. The van der Waals surface area contributed by atoms with Gasteiger partial charge in [0.25, 0.3) is 5.91 Å². The van der Waals surface area contributed by atoms with Gasteiger partial charge in [-0.15, -0.1) is 0 Å². The average Bonchev–Trinajstić information content (AvgIpc) is 2.63. The van der Waals surface area contributed by atoms with E-state index in [0.29, 0.717) is 35.7 Å². The van der Waals surface area contributed by atoms with Crippen molar-refractivity contribution in [3.05, 3.63) is 28.2 Å². The summed E-state index contributed by atoms with van der Waals surface area (Å²) < 4.78 is 11.3. The number of ether oxygens (including phenoxy) is 2. The summed E-state index contributed by atoms with van der Waals surface area (Å²) >= 11 is 8.84. The number of rotatable bonds is 6. The first-order valence-corrected chi connectivity index (χ1v) is 9.72. The van der Waals surface area contributed by atoms with Crippen LogP contribution in [0.5, 0.6) is 5.75 Å². The number of nitrogens with zero attached hydrogens (tertiary/aromatic N) is 1. The van der Waals surface area contributed by atoms with E-state index in [9.17, 15) is 4.79 Å². The molecule has 1 fully saturated rings. The first kappa shape index (κ1) is 20.1. The maximum Gasteiger partial charge on any atom is 0.257 e. The van der Waals surface area contributed by atoms with Crippen molar-refractivity contribution >= 4 is 39.2 Å². The summed E-state index contributed by atoms with van der Waals surface area (Å²) in [5, 5.41) is 3.31. The highest BCUT2D eigenvalue weighted by molar-refractivity contribution is 9.10. The van der Waals surface area contributed by atoms with Gasteiger partial charge < -0.3 is 14.4 Å². The highest BCUT2D eigenvalue weighted by Crippen LogP contribution is 2.26. The number of carbonyl (C=O) groups is 1. The highest BCUT2D eigenvalue weighted by atomic mass is 79.9. The number of hydrogen-bond acceptors (Lipinski definition) is 4. The minimum atomic E-state index is -0.211. The van der Waals surface area contributed by atoms with Crippen LogP contribution in [0.3, 0.4) is 0 Å². The molecule has 1 aromatic carbocycles. The number of halogens is 1. The molecular formula is C18H25BrN2O3S. The van der Waals surface area contributed by atoms with Crippen LogP contribution in [0.15, 0.2) is 22.7 Å². The lowest BCUT2D eigenvalue weighted by Gasteiger charge is -2.32. The quantitative estimate of drug-likeness (QED) is 0.552. The molecule has 0 aliphatic heterocycles. The molecule has 138 valence electrons. The molecule has 7 heteroatoms. The minimum Gasteiger partial charge on any atom is -0.490 e. The van der Waals surface area contributed by atoms with Crippen LogP contribution in [0, 0.1) is 0 Å². The normalized spacial score (nSPS) is 14.8. The van der Waals surface area contributed by atoms with Crippen LogP contribution in [0.1, 0.15) is 42.5 Å². The van der Waals surface area contributed by atoms with E-state index in [1.807, 2.05) is 11.9 Å². The van der Waals surface area contributed by atoms with Crippen LogP contribution in [-0.2, 0) is 4.74 Å². The molecule has 1 N–H and O–H groups in total. The molecule has 0 atom stereocenters. The first-order chi connectivity index (χ1) is 12.0. The van der Waals surface area contributed by atoms with Gasteiger partial charge in [0.2, 0.25) is 0 Å². The summed E-state index contributed by atoms with van der Waals surface area (Å²) in [6.07, 6.45) is 6.00.